The van der Waals surface area contributed by atoms with Crippen molar-refractivity contribution >= 4 is 29.3 Å². The summed E-state index contributed by atoms with van der Waals surface area (Å²) < 4.78 is 10.7. The van der Waals surface area contributed by atoms with Gasteiger partial charge in [0.2, 0.25) is 5.78 Å². The molecule has 9 heteroatoms. The van der Waals surface area contributed by atoms with Crippen molar-refractivity contribution in [3.05, 3.63) is 63.7 Å². The molecule has 0 amide bonds. The first-order valence-electron chi connectivity index (χ1n) is 11.8. The standard InChI is InChI=1S/C29H22O8S/c1-36-20-10-5-9-18-21(20)27(33)23-22(25(18)31)26(32)19-15-29(35,12-11-17(19)24(23)30)28(34)37-16-7-3-2-4-13-38-14-6-8-16/h3,5,7,9-10,16,30,32,35H,11-15H2,1H3/b7-3-/t16?,29-/m1/s1. The summed E-state index contributed by atoms with van der Waals surface area (Å²) in [5, 5.41) is 33.5. The molecule has 2 atom stereocenters. The Morgan fingerprint density at radius 2 is 1.79 bits per heavy atom. The van der Waals surface area contributed by atoms with Gasteiger partial charge in [-0.1, -0.05) is 35.8 Å². The zero-order valence-electron chi connectivity index (χ0n) is 20.3. The molecule has 38 heavy (non-hydrogen) atoms. The van der Waals surface area contributed by atoms with E-state index in [0.717, 1.165) is 0 Å². The number of ether oxygens (including phenoxy) is 2. The summed E-state index contributed by atoms with van der Waals surface area (Å²) in [5.74, 6) is 9.47. The van der Waals surface area contributed by atoms with E-state index in [1.807, 2.05) is 0 Å². The maximum Gasteiger partial charge on any atom is 0.340 e. The summed E-state index contributed by atoms with van der Waals surface area (Å²) in [6.07, 6.45) is 1.49. The molecular formula is C29H22O8S. The highest BCUT2D eigenvalue weighted by Crippen LogP contribution is 2.48. The van der Waals surface area contributed by atoms with E-state index in [0.29, 0.717) is 11.5 Å². The van der Waals surface area contributed by atoms with Gasteiger partial charge < -0.3 is 24.8 Å². The number of benzene rings is 2. The van der Waals surface area contributed by atoms with Crippen LogP contribution in [0.15, 0.2) is 30.4 Å². The van der Waals surface area contributed by atoms with Crippen molar-refractivity contribution in [1.29, 1.82) is 0 Å². The largest absolute Gasteiger partial charge is 0.507 e. The zero-order valence-corrected chi connectivity index (χ0v) is 21.1. The van der Waals surface area contributed by atoms with Crippen molar-refractivity contribution in [2.24, 2.45) is 0 Å². The summed E-state index contributed by atoms with van der Waals surface area (Å²) >= 11 is 1.52. The molecule has 192 valence electrons. The van der Waals surface area contributed by atoms with Crippen LogP contribution in [0.2, 0.25) is 0 Å². The number of hydrogen-bond donors (Lipinski definition) is 3. The number of fused-ring (bicyclic) bond motifs is 3. The molecule has 2 aromatic carbocycles. The van der Waals surface area contributed by atoms with Crippen LogP contribution in [-0.2, 0) is 22.4 Å². The van der Waals surface area contributed by atoms with Crippen LogP contribution in [0.3, 0.4) is 0 Å². The first-order chi connectivity index (χ1) is 18.3. The van der Waals surface area contributed by atoms with E-state index in [9.17, 15) is 29.7 Å². The molecule has 0 saturated heterocycles. The van der Waals surface area contributed by atoms with Gasteiger partial charge in [0.1, 0.15) is 17.2 Å². The molecule has 1 aliphatic heterocycles. The van der Waals surface area contributed by atoms with E-state index < -0.39 is 47.2 Å². The average Bonchev–Trinajstić information content (AvgIpc) is 2.92. The lowest BCUT2D eigenvalue weighted by molar-refractivity contribution is -0.168. The Bertz CT molecular complexity index is 1550. The van der Waals surface area contributed by atoms with Gasteiger partial charge in [0.25, 0.3) is 0 Å². The molecule has 3 N–H and O–H groups in total. The number of aliphatic hydroxyl groups is 1. The van der Waals surface area contributed by atoms with Gasteiger partial charge in [0.15, 0.2) is 17.5 Å². The Balaban J connectivity index is 1.51. The van der Waals surface area contributed by atoms with E-state index in [-0.39, 0.29) is 52.0 Å². The number of ketones is 2. The van der Waals surface area contributed by atoms with Gasteiger partial charge in [-0.3, -0.25) is 9.59 Å². The van der Waals surface area contributed by atoms with Crippen LogP contribution in [0, 0.1) is 23.7 Å². The fraction of sp³-hybridized carbons (Fsp3) is 0.276. The number of carbonyl (C=O) groups is 3. The smallest absolute Gasteiger partial charge is 0.340 e. The van der Waals surface area contributed by atoms with Crippen LogP contribution < -0.4 is 4.74 Å². The maximum absolute atomic E-state index is 13.4. The third kappa shape index (κ3) is 4.20. The molecule has 0 radical (unpaired) electrons. The SMILES string of the molecule is COc1cccc2c1C(=O)c1c(O)c3c(c(O)c1C2=O)C[C@@](O)(C(=O)OC1C#CCSCC#C/C=C\1)CC3. The molecule has 1 unspecified atom stereocenters. The fourth-order valence-electron chi connectivity index (χ4n) is 4.87. The lowest BCUT2D eigenvalue weighted by atomic mass is 9.74. The Morgan fingerprint density at radius 1 is 1.05 bits per heavy atom. The quantitative estimate of drug-likeness (QED) is 0.265. The number of methoxy groups -OCH3 is 1. The number of esters is 1. The van der Waals surface area contributed by atoms with Gasteiger partial charge in [-0.25, -0.2) is 4.79 Å². The van der Waals surface area contributed by atoms with Gasteiger partial charge >= 0.3 is 5.97 Å². The van der Waals surface area contributed by atoms with Crippen LogP contribution in [0.1, 0.15) is 49.4 Å². The highest BCUT2D eigenvalue weighted by molar-refractivity contribution is 7.99. The van der Waals surface area contributed by atoms with E-state index >= 15 is 0 Å². The average molecular weight is 531 g/mol. The predicted octanol–water partition coefficient (Wildman–Crippen LogP) is 2.32. The van der Waals surface area contributed by atoms with E-state index in [4.69, 9.17) is 9.47 Å². The lowest BCUT2D eigenvalue weighted by Gasteiger charge is -2.34. The van der Waals surface area contributed by atoms with Gasteiger partial charge in [0, 0.05) is 23.1 Å². The minimum absolute atomic E-state index is 0.000926. The highest BCUT2D eigenvalue weighted by Gasteiger charge is 2.46. The Kier molecular flexibility index (Phi) is 6.66. The number of carbonyl (C=O) groups excluding carboxylic acids is 3. The number of allylic oxidation sites excluding steroid dienone is 1. The van der Waals surface area contributed by atoms with Gasteiger partial charge in [-0.05, 0) is 31.1 Å². The normalized spacial score (nSPS) is 22.3. The molecule has 0 spiro atoms. The number of thioether (sulfide) groups is 1. The van der Waals surface area contributed by atoms with Crippen LogP contribution in [0.25, 0.3) is 0 Å². The molecule has 8 nitrogen and oxygen atoms in total. The van der Waals surface area contributed by atoms with Crippen molar-refractivity contribution in [1.82, 2.24) is 0 Å². The summed E-state index contributed by atoms with van der Waals surface area (Å²) in [4.78, 5) is 39.9. The second-order valence-electron chi connectivity index (χ2n) is 8.97. The topological polar surface area (TPSA) is 130 Å². The van der Waals surface area contributed by atoms with Crippen molar-refractivity contribution < 1.29 is 39.2 Å². The molecule has 0 bridgehead atoms. The molecular weight excluding hydrogens is 508 g/mol. The number of rotatable bonds is 3. The molecule has 3 aliphatic rings. The molecule has 5 rings (SSSR count). The summed E-state index contributed by atoms with van der Waals surface area (Å²) in [7, 11) is 1.36. The minimum Gasteiger partial charge on any atom is -0.507 e. The lowest BCUT2D eigenvalue weighted by Crippen LogP contribution is -2.46. The van der Waals surface area contributed by atoms with Crippen molar-refractivity contribution in [3.8, 4) is 40.9 Å². The Morgan fingerprint density at radius 3 is 2.58 bits per heavy atom. The number of hydrogen-bond acceptors (Lipinski definition) is 9. The fourth-order valence-corrected chi connectivity index (χ4v) is 5.34. The first kappa shape index (κ1) is 25.5. The third-order valence-electron chi connectivity index (χ3n) is 6.75. The maximum atomic E-state index is 13.4. The number of phenolic OH excluding ortho intramolecular Hbond substituents is 2. The highest BCUT2D eigenvalue weighted by atomic mass is 32.2. The summed E-state index contributed by atoms with van der Waals surface area (Å²) in [6.45, 7) is 0. The van der Waals surface area contributed by atoms with Crippen molar-refractivity contribution in [2.45, 2.75) is 31.0 Å². The minimum atomic E-state index is -2.06. The van der Waals surface area contributed by atoms with Gasteiger partial charge in [0.05, 0.1) is 35.3 Å². The summed E-state index contributed by atoms with van der Waals surface area (Å²) in [6, 6.07) is 4.50. The molecule has 1 heterocycles. The van der Waals surface area contributed by atoms with Gasteiger partial charge in [-0.15, -0.1) is 11.8 Å². The Labute approximate surface area is 222 Å². The molecule has 2 aromatic rings. The van der Waals surface area contributed by atoms with E-state index in [1.165, 1.54) is 43.2 Å². The predicted molar refractivity (Wildman–Crippen MR) is 139 cm³/mol. The second-order valence-corrected chi connectivity index (χ2v) is 9.96. The molecule has 0 saturated carbocycles. The van der Waals surface area contributed by atoms with Gasteiger partial charge in [-0.2, -0.15) is 0 Å². The number of phenols is 2. The van der Waals surface area contributed by atoms with E-state index in [2.05, 4.69) is 23.7 Å². The Hall–Kier alpha value is -4.18. The molecule has 0 aromatic heterocycles. The van der Waals surface area contributed by atoms with Crippen LogP contribution in [0.5, 0.6) is 17.2 Å². The molecule has 0 fully saturated rings. The summed E-state index contributed by atoms with van der Waals surface area (Å²) in [5.41, 5.74) is -2.54. The van der Waals surface area contributed by atoms with Crippen molar-refractivity contribution in [3.63, 3.8) is 0 Å². The number of aromatic hydroxyl groups is 2. The zero-order chi connectivity index (χ0) is 27.0. The van der Waals surface area contributed by atoms with E-state index in [1.54, 1.807) is 6.07 Å². The van der Waals surface area contributed by atoms with Crippen LogP contribution >= 0.6 is 11.8 Å². The third-order valence-corrected chi connectivity index (χ3v) is 7.45. The molecule has 2 aliphatic carbocycles. The second kappa shape index (κ2) is 9.94. The first-order valence-corrected chi connectivity index (χ1v) is 12.9. The van der Waals surface area contributed by atoms with Crippen LogP contribution in [-0.4, -0.2) is 63.2 Å². The van der Waals surface area contributed by atoms with Crippen molar-refractivity contribution in [2.75, 3.05) is 18.6 Å². The monoisotopic (exact) mass is 530 g/mol. The van der Waals surface area contributed by atoms with Crippen LogP contribution in [0.4, 0.5) is 0 Å².